The summed E-state index contributed by atoms with van der Waals surface area (Å²) in [5, 5.41) is 11.9. The summed E-state index contributed by atoms with van der Waals surface area (Å²) in [5.41, 5.74) is 0.871. The highest BCUT2D eigenvalue weighted by molar-refractivity contribution is 5.88. The molecule has 1 amide bonds. The maximum absolute atomic E-state index is 11.5. The van der Waals surface area contributed by atoms with E-state index in [1.807, 2.05) is 6.92 Å². The Balaban J connectivity index is 2.23. The van der Waals surface area contributed by atoms with E-state index in [0.29, 0.717) is 23.6 Å². The second-order valence-corrected chi connectivity index (χ2v) is 4.56. The smallest absolute Gasteiger partial charge is 0.354 e. The molecule has 0 saturated heterocycles. The van der Waals surface area contributed by atoms with Gasteiger partial charge in [0.05, 0.1) is 5.69 Å². The second-order valence-electron chi connectivity index (χ2n) is 4.56. The van der Waals surface area contributed by atoms with Crippen LogP contribution in [-0.4, -0.2) is 39.5 Å². The lowest BCUT2D eigenvalue weighted by Crippen LogP contribution is -2.29. The lowest BCUT2D eigenvalue weighted by Gasteiger charge is -2.07. The van der Waals surface area contributed by atoms with Crippen LogP contribution in [0.1, 0.15) is 29.5 Å². The quantitative estimate of drug-likeness (QED) is 0.835. The molecule has 2 rings (SSSR count). The number of carbonyl (C=O) groups is 2. The van der Waals surface area contributed by atoms with Crippen LogP contribution in [0.5, 0.6) is 5.75 Å². The van der Waals surface area contributed by atoms with Crippen LogP contribution in [0, 0.1) is 6.92 Å². The number of fused-ring (bicyclic) bond motifs is 1. The van der Waals surface area contributed by atoms with E-state index in [-0.39, 0.29) is 18.2 Å². The van der Waals surface area contributed by atoms with Gasteiger partial charge in [-0.25, -0.2) is 9.78 Å². The summed E-state index contributed by atoms with van der Waals surface area (Å²) in [6, 6.07) is 3.31. The minimum absolute atomic E-state index is 0.0888. The van der Waals surface area contributed by atoms with Crippen molar-refractivity contribution in [2.24, 2.45) is 0 Å². The molecule has 0 aliphatic rings. The summed E-state index contributed by atoms with van der Waals surface area (Å²) >= 11 is 0. The number of hydrogen-bond donors (Lipinski definition) is 2. The van der Waals surface area contributed by atoms with Gasteiger partial charge < -0.3 is 15.2 Å². The molecule has 0 atom stereocenters. The molecule has 7 heteroatoms. The summed E-state index contributed by atoms with van der Waals surface area (Å²) in [7, 11) is 0. The number of pyridine rings is 1. The molecule has 2 aromatic heterocycles. The van der Waals surface area contributed by atoms with E-state index < -0.39 is 5.97 Å². The zero-order valence-electron chi connectivity index (χ0n) is 11.9. The fourth-order valence-corrected chi connectivity index (χ4v) is 1.99. The summed E-state index contributed by atoms with van der Waals surface area (Å²) in [6.07, 6.45) is 2.45. The van der Waals surface area contributed by atoms with Crippen LogP contribution in [0.15, 0.2) is 18.3 Å². The van der Waals surface area contributed by atoms with Crippen LogP contribution in [0.4, 0.5) is 0 Å². The molecule has 0 bridgehead atoms. The molecule has 0 aliphatic carbocycles. The zero-order chi connectivity index (χ0) is 15.4. The number of nitrogens with zero attached hydrogens (tertiary/aromatic N) is 2. The molecule has 0 fully saturated rings. The molecule has 2 heterocycles. The highest BCUT2D eigenvalue weighted by atomic mass is 16.5. The third kappa shape index (κ3) is 3.13. The van der Waals surface area contributed by atoms with Crippen molar-refractivity contribution in [3.05, 3.63) is 29.7 Å². The van der Waals surface area contributed by atoms with Crippen LogP contribution in [0.25, 0.3) is 5.65 Å². The Morgan fingerprint density at radius 3 is 2.90 bits per heavy atom. The lowest BCUT2D eigenvalue weighted by molar-refractivity contribution is -0.123. The molecule has 2 aromatic rings. The molecule has 21 heavy (non-hydrogen) atoms. The predicted molar refractivity (Wildman–Crippen MR) is 75.7 cm³/mol. The van der Waals surface area contributed by atoms with Gasteiger partial charge in [-0.15, -0.1) is 0 Å². The topological polar surface area (TPSA) is 92.9 Å². The highest BCUT2D eigenvalue weighted by Gasteiger charge is 2.18. The SMILES string of the molecule is CCCNC(=O)COc1cccn2c(C(=O)O)c(C)nc12. The summed E-state index contributed by atoms with van der Waals surface area (Å²) in [6.45, 7) is 4.04. The molecular weight excluding hydrogens is 274 g/mol. The van der Waals surface area contributed by atoms with Gasteiger partial charge in [0.1, 0.15) is 0 Å². The fraction of sp³-hybridized carbons (Fsp3) is 0.357. The standard InChI is InChI=1S/C14H17N3O4/c1-3-6-15-11(18)8-21-10-5-4-7-17-12(14(19)20)9(2)16-13(10)17/h4-5,7H,3,6,8H2,1-2H3,(H,15,18)(H,19,20). The lowest BCUT2D eigenvalue weighted by atomic mass is 10.3. The number of carboxylic acid groups (broad SMARTS) is 1. The minimum Gasteiger partial charge on any atom is -0.480 e. The number of carbonyl (C=O) groups excluding carboxylic acids is 1. The number of ether oxygens (including phenoxy) is 1. The van der Waals surface area contributed by atoms with Gasteiger partial charge in [-0.05, 0) is 25.5 Å². The molecule has 2 N–H and O–H groups in total. The highest BCUT2D eigenvalue weighted by Crippen LogP contribution is 2.21. The van der Waals surface area contributed by atoms with Crippen LogP contribution in [0.3, 0.4) is 0 Å². The number of hydrogen-bond acceptors (Lipinski definition) is 4. The van der Waals surface area contributed by atoms with Gasteiger partial charge >= 0.3 is 5.97 Å². The molecule has 0 radical (unpaired) electrons. The molecule has 0 aromatic carbocycles. The first-order valence-corrected chi connectivity index (χ1v) is 6.65. The van der Waals surface area contributed by atoms with E-state index in [2.05, 4.69) is 10.3 Å². The number of aryl methyl sites for hydroxylation is 1. The second kappa shape index (κ2) is 6.25. The molecule has 112 valence electrons. The summed E-state index contributed by atoms with van der Waals surface area (Å²) < 4.78 is 6.88. The number of rotatable bonds is 6. The molecule has 7 nitrogen and oxygen atoms in total. The summed E-state index contributed by atoms with van der Waals surface area (Å²) in [4.78, 5) is 27.0. The average Bonchev–Trinajstić information content (AvgIpc) is 2.79. The van der Waals surface area contributed by atoms with E-state index in [1.54, 1.807) is 25.3 Å². The number of aromatic carboxylic acids is 1. The molecule has 0 spiro atoms. The Morgan fingerprint density at radius 2 is 2.24 bits per heavy atom. The van der Waals surface area contributed by atoms with Crippen LogP contribution < -0.4 is 10.1 Å². The maximum Gasteiger partial charge on any atom is 0.354 e. The largest absolute Gasteiger partial charge is 0.480 e. The first-order valence-electron chi connectivity index (χ1n) is 6.65. The third-order valence-electron chi connectivity index (χ3n) is 2.92. The zero-order valence-corrected chi connectivity index (χ0v) is 11.9. The van der Waals surface area contributed by atoms with Gasteiger partial charge in [0.15, 0.2) is 23.7 Å². The number of imidazole rings is 1. The number of nitrogens with one attached hydrogen (secondary N) is 1. The van der Waals surface area contributed by atoms with Gasteiger partial charge in [0, 0.05) is 12.7 Å². The molecular formula is C14H17N3O4. The Labute approximate surface area is 121 Å². The predicted octanol–water partition coefficient (Wildman–Crippen LogP) is 1.25. The van der Waals surface area contributed by atoms with E-state index in [9.17, 15) is 14.7 Å². The first-order chi connectivity index (χ1) is 10.0. The number of amides is 1. The van der Waals surface area contributed by atoms with Crippen molar-refractivity contribution in [3.8, 4) is 5.75 Å². The Morgan fingerprint density at radius 1 is 1.48 bits per heavy atom. The maximum atomic E-state index is 11.5. The summed E-state index contributed by atoms with van der Waals surface area (Å²) in [5.74, 6) is -0.904. The molecule has 0 aliphatic heterocycles. The first kappa shape index (κ1) is 14.8. The van der Waals surface area contributed by atoms with Crippen molar-refractivity contribution in [2.75, 3.05) is 13.2 Å². The Kier molecular flexibility index (Phi) is 4.42. The van der Waals surface area contributed by atoms with Crippen molar-refractivity contribution in [1.82, 2.24) is 14.7 Å². The molecule has 0 saturated carbocycles. The monoisotopic (exact) mass is 291 g/mol. The Bertz CT molecular complexity index is 678. The van der Waals surface area contributed by atoms with Crippen molar-refractivity contribution in [2.45, 2.75) is 20.3 Å². The molecule has 0 unspecified atom stereocenters. The van der Waals surface area contributed by atoms with Crippen molar-refractivity contribution >= 4 is 17.5 Å². The van der Waals surface area contributed by atoms with Gasteiger partial charge in [-0.1, -0.05) is 6.92 Å². The van der Waals surface area contributed by atoms with Gasteiger partial charge in [0.2, 0.25) is 0 Å². The van der Waals surface area contributed by atoms with Crippen molar-refractivity contribution < 1.29 is 19.4 Å². The van der Waals surface area contributed by atoms with E-state index >= 15 is 0 Å². The van der Waals surface area contributed by atoms with E-state index in [0.717, 1.165) is 6.42 Å². The van der Waals surface area contributed by atoms with Gasteiger partial charge in [0.25, 0.3) is 5.91 Å². The van der Waals surface area contributed by atoms with Crippen LogP contribution >= 0.6 is 0 Å². The Hall–Kier alpha value is -2.57. The van der Waals surface area contributed by atoms with Crippen molar-refractivity contribution in [3.63, 3.8) is 0 Å². The minimum atomic E-state index is -1.06. The van der Waals surface area contributed by atoms with Crippen LogP contribution in [0.2, 0.25) is 0 Å². The third-order valence-corrected chi connectivity index (χ3v) is 2.92. The van der Waals surface area contributed by atoms with Crippen molar-refractivity contribution in [1.29, 1.82) is 0 Å². The van der Waals surface area contributed by atoms with Crippen LogP contribution in [-0.2, 0) is 4.79 Å². The number of aromatic nitrogens is 2. The van der Waals surface area contributed by atoms with Gasteiger partial charge in [-0.3, -0.25) is 9.20 Å². The average molecular weight is 291 g/mol. The van der Waals surface area contributed by atoms with Gasteiger partial charge in [-0.2, -0.15) is 0 Å². The van der Waals surface area contributed by atoms with E-state index in [1.165, 1.54) is 4.40 Å². The fourth-order valence-electron chi connectivity index (χ4n) is 1.99. The number of carboxylic acids is 1. The normalized spacial score (nSPS) is 10.6. The van der Waals surface area contributed by atoms with E-state index in [4.69, 9.17) is 4.74 Å².